The Morgan fingerprint density at radius 2 is 1.83 bits per heavy atom. The van der Waals surface area contributed by atoms with E-state index in [1.165, 1.54) is 12.1 Å². The van der Waals surface area contributed by atoms with Gasteiger partial charge in [-0.15, -0.1) is 0 Å². The van der Waals surface area contributed by atoms with E-state index < -0.39 is 15.9 Å². The molecule has 2 rings (SSSR count). The molecule has 1 amide bonds. The highest BCUT2D eigenvalue weighted by atomic mass is 79.9. The lowest BCUT2D eigenvalue weighted by molar-refractivity contribution is -0.122. The maximum atomic E-state index is 12.1. The van der Waals surface area contributed by atoms with Gasteiger partial charge in [0.1, 0.15) is 5.75 Å². The Kier molecular flexibility index (Phi) is 5.43. The van der Waals surface area contributed by atoms with Crippen LogP contribution in [0.15, 0.2) is 57.9 Å². The number of anilines is 1. The number of carbonyl (C=O) groups is 1. The number of hydrogen-bond acceptors (Lipinski definition) is 4. The van der Waals surface area contributed by atoms with Crippen LogP contribution in [0.4, 0.5) is 5.69 Å². The topological polar surface area (TPSA) is 72.5 Å². The van der Waals surface area contributed by atoms with E-state index in [4.69, 9.17) is 4.74 Å². The number of carbonyl (C=O) groups excluding carboxylic acids is 1. The Bertz CT molecular complexity index is 803. The number of benzene rings is 2. The van der Waals surface area contributed by atoms with Crippen LogP contribution in [0.25, 0.3) is 0 Å². The normalized spacial score (nSPS) is 12.5. The SMILES string of the molecule is C[C@H](Oc1ccc(Br)cc1)C(=O)Nc1cccc(S(C)(=O)=O)c1. The molecule has 0 heterocycles. The van der Waals surface area contributed by atoms with Gasteiger partial charge in [-0.3, -0.25) is 4.79 Å². The predicted molar refractivity (Wildman–Crippen MR) is 92.4 cm³/mol. The monoisotopic (exact) mass is 397 g/mol. The lowest BCUT2D eigenvalue weighted by Gasteiger charge is -2.15. The third-order valence-electron chi connectivity index (χ3n) is 3.03. The molecular formula is C16H16BrNO4S. The number of sulfone groups is 1. The Morgan fingerprint density at radius 3 is 2.43 bits per heavy atom. The molecule has 7 heteroatoms. The van der Waals surface area contributed by atoms with Gasteiger partial charge in [-0.2, -0.15) is 0 Å². The molecule has 0 aromatic heterocycles. The van der Waals surface area contributed by atoms with Crippen molar-refractivity contribution < 1.29 is 17.9 Å². The second-order valence-corrected chi connectivity index (χ2v) is 7.93. The highest BCUT2D eigenvalue weighted by Gasteiger charge is 2.16. The Hall–Kier alpha value is -1.86. The van der Waals surface area contributed by atoms with Crippen molar-refractivity contribution >= 4 is 37.4 Å². The van der Waals surface area contributed by atoms with Crippen molar-refractivity contribution in [2.45, 2.75) is 17.9 Å². The summed E-state index contributed by atoms with van der Waals surface area (Å²) in [6, 6.07) is 13.2. The molecule has 2 aromatic rings. The van der Waals surface area contributed by atoms with Gasteiger partial charge in [0.05, 0.1) is 4.90 Å². The minimum Gasteiger partial charge on any atom is -0.481 e. The zero-order valence-electron chi connectivity index (χ0n) is 12.6. The summed E-state index contributed by atoms with van der Waals surface area (Å²) in [5, 5.41) is 2.65. The number of amides is 1. The fourth-order valence-electron chi connectivity index (χ4n) is 1.82. The quantitative estimate of drug-likeness (QED) is 0.839. The molecule has 0 radical (unpaired) electrons. The number of nitrogens with one attached hydrogen (secondary N) is 1. The summed E-state index contributed by atoms with van der Waals surface area (Å²) in [6.07, 6.45) is 0.394. The minimum atomic E-state index is -3.32. The molecule has 5 nitrogen and oxygen atoms in total. The summed E-state index contributed by atoms with van der Waals surface area (Å²) in [4.78, 5) is 12.3. The van der Waals surface area contributed by atoms with Crippen LogP contribution in [0, 0.1) is 0 Å². The molecule has 0 fully saturated rings. The largest absolute Gasteiger partial charge is 0.481 e. The fourth-order valence-corrected chi connectivity index (χ4v) is 2.75. The minimum absolute atomic E-state index is 0.150. The van der Waals surface area contributed by atoms with Crippen molar-refractivity contribution in [2.24, 2.45) is 0 Å². The molecule has 0 bridgehead atoms. The molecule has 23 heavy (non-hydrogen) atoms. The van der Waals surface area contributed by atoms with Gasteiger partial charge >= 0.3 is 0 Å². The van der Waals surface area contributed by atoms with Crippen molar-refractivity contribution in [1.29, 1.82) is 0 Å². The first-order chi connectivity index (χ1) is 10.8. The number of hydrogen-bond donors (Lipinski definition) is 1. The van der Waals surface area contributed by atoms with Gasteiger partial charge in [0.15, 0.2) is 15.9 Å². The highest BCUT2D eigenvalue weighted by Crippen LogP contribution is 2.19. The van der Waals surface area contributed by atoms with Gasteiger partial charge in [0.25, 0.3) is 5.91 Å². The van der Waals surface area contributed by atoms with E-state index in [1.54, 1.807) is 31.2 Å². The van der Waals surface area contributed by atoms with E-state index in [1.807, 2.05) is 12.1 Å². The maximum Gasteiger partial charge on any atom is 0.265 e. The number of rotatable bonds is 5. The van der Waals surface area contributed by atoms with Crippen LogP contribution in [0.1, 0.15) is 6.92 Å². The first kappa shape index (κ1) is 17.5. The van der Waals surface area contributed by atoms with Crippen molar-refractivity contribution in [1.82, 2.24) is 0 Å². The lowest BCUT2D eigenvalue weighted by Crippen LogP contribution is -2.30. The maximum absolute atomic E-state index is 12.1. The number of halogens is 1. The molecule has 122 valence electrons. The molecular weight excluding hydrogens is 382 g/mol. The van der Waals surface area contributed by atoms with E-state index in [2.05, 4.69) is 21.2 Å². The second kappa shape index (κ2) is 7.14. The zero-order chi connectivity index (χ0) is 17.0. The average Bonchev–Trinajstić information content (AvgIpc) is 2.49. The average molecular weight is 398 g/mol. The van der Waals surface area contributed by atoms with Crippen LogP contribution in [0.5, 0.6) is 5.75 Å². The second-order valence-electron chi connectivity index (χ2n) is 5.00. The molecule has 2 aromatic carbocycles. The summed E-state index contributed by atoms with van der Waals surface area (Å²) in [6.45, 7) is 1.62. The van der Waals surface area contributed by atoms with Gasteiger partial charge in [-0.1, -0.05) is 22.0 Å². The highest BCUT2D eigenvalue weighted by molar-refractivity contribution is 9.10. The van der Waals surface area contributed by atoms with E-state index >= 15 is 0 Å². The molecule has 0 aliphatic carbocycles. The zero-order valence-corrected chi connectivity index (χ0v) is 15.0. The van der Waals surface area contributed by atoms with Crippen LogP contribution in [-0.2, 0) is 14.6 Å². The van der Waals surface area contributed by atoms with Gasteiger partial charge < -0.3 is 10.1 Å². The van der Waals surface area contributed by atoms with Crippen molar-refractivity contribution in [3.8, 4) is 5.75 Å². The predicted octanol–water partition coefficient (Wildman–Crippen LogP) is 3.26. The molecule has 0 spiro atoms. The van der Waals surface area contributed by atoms with Crippen molar-refractivity contribution in [3.63, 3.8) is 0 Å². The summed E-state index contributed by atoms with van der Waals surface area (Å²) in [5.41, 5.74) is 0.407. The van der Waals surface area contributed by atoms with Crippen LogP contribution in [0.2, 0.25) is 0 Å². The van der Waals surface area contributed by atoms with Gasteiger partial charge in [-0.05, 0) is 49.4 Å². The Balaban J connectivity index is 2.05. The summed E-state index contributed by atoms with van der Waals surface area (Å²) in [7, 11) is -3.32. The molecule has 1 N–H and O–H groups in total. The van der Waals surface area contributed by atoms with Gasteiger partial charge in [0, 0.05) is 16.4 Å². The van der Waals surface area contributed by atoms with Gasteiger partial charge in [0.2, 0.25) is 0 Å². The van der Waals surface area contributed by atoms with E-state index in [0.29, 0.717) is 11.4 Å². The molecule has 0 saturated carbocycles. The third-order valence-corrected chi connectivity index (χ3v) is 4.66. The van der Waals surface area contributed by atoms with Crippen LogP contribution in [-0.4, -0.2) is 26.7 Å². The molecule has 0 saturated heterocycles. The molecule has 0 unspecified atom stereocenters. The Morgan fingerprint density at radius 1 is 1.17 bits per heavy atom. The summed E-state index contributed by atoms with van der Waals surface area (Å²) >= 11 is 3.32. The lowest BCUT2D eigenvalue weighted by atomic mass is 10.3. The summed E-state index contributed by atoms with van der Waals surface area (Å²) in [5.74, 6) is 0.208. The van der Waals surface area contributed by atoms with Crippen molar-refractivity contribution in [3.05, 3.63) is 53.0 Å². The molecule has 1 atom stereocenters. The van der Waals surface area contributed by atoms with Crippen LogP contribution < -0.4 is 10.1 Å². The fraction of sp³-hybridized carbons (Fsp3) is 0.188. The third kappa shape index (κ3) is 5.07. The smallest absolute Gasteiger partial charge is 0.265 e. The van der Waals surface area contributed by atoms with E-state index in [-0.39, 0.29) is 10.8 Å². The van der Waals surface area contributed by atoms with Crippen molar-refractivity contribution in [2.75, 3.05) is 11.6 Å². The standard InChI is InChI=1S/C16H16BrNO4S/c1-11(22-14-8-6-12(17)7-9-14)16(19)18-13-4-3-5-15(10-13)23(2,20)21/h3-11H,1-2H3,(H,18,19)/t11-/m0/s1. The Labute approximate surface area is 143 Å². The molecule has 0 aliphatic rings. The van der Waals surface area contributed by atoms with E-state index in [0.717, 1.165) is 10.7 Å². The van der Waals surface area contributed by atoms with E-state index in [9.17, 15) is 13.2 Å². The van der Waals surface area contributed by atoms with Gasteiger partial charge in [-0.25, -0.2) is 8.42 Å². The summed E-state index contributed by atoms with van der Waals surface area (Å²) < 4.78 is 29.5. The molecule has 0 aliphatic heterocycles. The first-order valence-electron chi connectivity index (χ1n) is 6.79. The number of ether oxygens (including phenoxy) is 1. The van der Waals surface area contributed by atoms with Crippen LogP contribution >= 0.6 is 15.9 Å². The van der Waals surface area contributed by atoms with Crippen LogP contribution in [0.3, 0.4) is 0 Å². The first-order valence-corrected chi connectivity index (χ1v) is 9.47.